The minimum absolute atomic E-state index is 0.00999. The van der Waals surface area contributed by atoms with Gasteiger partial charge in [-0.3, -0.25) is 4.68 Å². The Hall–Kier alpha value is -2.01. The molecule has 0 unspecified atom stereocenters. The van der Waals surface area contributed by atoms with E-state index in [9.17, 15) is 0 Å². The molecule has 1 N–H and O–H groups in total. The van der Waals surface area contributed by atoms with Gasteiger partial charge in [0.05, 0.1) is 20.3 Å². The molecule has 0 aliphatic carbocycles. The van der Waals surface area contributed by atoms with E-state index in [4.69, 9.17) is 14.6 Å². The average molecular weight is 248 g/mol. The summed E-state index contributed by atoms with van der Waals surface area (Å²) in [4.78, 5) is 0. The molecule has 2 aromatic rings. The number of hydrogen-bond acceptors (Lipinski definition) is 4. The Morgan fingerprint density at radius 3 is 2.89 bits per heavy atom. The maximum absolute atomic E-state index is 9.04. The van der Waals surface area contributed by atoms with Gasteiger partial charge in [0.25, 0.3) is 0 Å². The molecule has 2 rings (SSSR count). The second-order valence-electron chi connectivity index (χ2n) is 3.76. The van der Waals surface area contributed by atoms with Gasteiger partial charge in [-0.15, -0.1) is 0 Å². The molecule has 18 heavy (non-hydrogen) atoms. The smallest absolute Gasteiger partial charge is 0.161 e. The number of ether oxygens (including phenoxy) is 2. The van der Waals surface area contributed by atoms with E-state index in [1.165, 1.54) is 0 Å². The minimum Gasteiger partial charge on any atom is -0.493 e. The Labute approximate surface area is 106 Å². The van der Waals surface area contributed by atoms with Crippen LogP contribution in [0.15, 0.2) is 36.7 Å². The lowest BCUT2D eigenvalue weighted by Crippen LogP contribution is -2.09. The van der Waals surface area contributed by atoms with Gasteiger partial charge >= 0.3 is 0 Å². The lowest BCUT2D eigenvalue weighted by atomic mass is 10.2. The lowest BCUT2D eigenvalue weighted by Gasteiger charge is -2.11. The topological polar surface area (TPSA) is 56.5 Å². The zero-order chi connectivity index (χ0) is 12.8. The van der Waals surface area contributed by atoms with Crippen LogP contribution in [-0.2, 0) is 13.2 Å². The Kier molecular flexibility index (Phi) is 4.20. The molecule has 0 fully saturated rings. The van der Waals surface area contributed by atoms with Crippen LogP contribution < -0.4 is 9.47 Å². The third-order valence-electron chi connectivity index (χ3n) is 2.55. The number of aliphatic hydroxyl groups is 1. The molecule has 0 spiro atoms. The number of aromatic nitrogens is 2. The molecular formula is C13H16N2O3. The summed E-state index contributed by atoms with van der Waals surface area (Å²) in [6.45, 7) is 1.18. The molecule has 5 nitrogen and oxygen atoms in total. The van der Waals surface area contributed by atoms with Gasteiger partial charge in [-0.1, -0.05) is 6.07 Å². The summed E-state index contributed by atoms with van der Waals surface area (Å²) in [7, 11) is 1.58. The normalized spacial score (nSPS) is 10.3. The molecule has 0 bridgehead atoms. The van der Waals surface area contributed by atoms with Crippen molar-refractivity contribution in [2.24, 2.45) is 0 Å². The van der Waals surface area contributed by atoms with Crippen molar-refractivity contribution in [3.05, 3.63) is 42.2 Å². The first-order valence-corrected chi connectivity index (χ1v) is 5.71. The number of aliphatic hydroxyl groups excluding tert-OH is 1. The number of benzene rings is 1. The van der Waals surface area contributed by atoms with Crippen molar-refractivity contribution in [1.82, 2.24) is 9.78 Å². The zero-order valence-corrected chi connectivity index (χ0v) is 10.2. The summed E-state index contributed by atoms with van der Waals surface area (Å²) in [5, 5.41) is 13.1. The number of nitrogens with zero attached hydrogens (tertiary/aromatic N) is 2. The van der Waals surface area contributed by atoms with Crippen LogP contribution in [-0.4, -0.2) is 28.6 Å². The van der Waals surface area contributed by atoms with Crippen molar-refractivity contribution >= 4 is 0 Å². The highest BCUT2D eigenvalue weighted by Crippen LogP contribution is 2.27. The van der Waals surface area contributed by atoms with E-state index in [2.05, 4.69) is 5.10 Å². The van der Waals surface area contributed by atoms with E-state index in [1.807, 2.05) is 18.3 Å². The molecule has 0 aliphatic heterocycles. The van der Waals surface area contributed by atoms with Crippen LogP contribution in [0.4, 0.5) is 0 Å². The van der Waals surface area contributed by atoms with Crippen molar-refractivity contribution in [3.63, 3.8) is 0 Å². The van der Waals surface area contributed by atoms with Crippen molar-refractivity contribution in [2.45, 2.75) is 13.2 Å². The summed E-state index contributed by atoms with van der Waals surface area (Å²) in [5.41, 5.74) is 0.797. The number of hydrogen-bond donors (Lipinski definition) is 1. The first-order valence-electron chi connectivity index (χ1n) is 5.71. The van der Waals surface area contributed by atoms with Gasteiger partial charge in [-0.2, -0.15) is 5.10 Å². The third-order valence-corrected chi connectivity index (χ3v) is 2.55. The molecule has 5 heteroatoms. The van der Waals surface area contributed by atoms with Crippen LogP contribution in [0.2, 0.25) is 0 Å². The summed E-state index contributed by atoms with van der Waals surface area (Å²) in [6, 6.07) is 7.25. The lowest BCUT2D eigenvalue weighted by molar-refractivity contribution is 0.269. The fourth-order valence-electron chi connectivity index (χ4n) is 1.61. The second-order valence-corrected chi connectivity index (χ2v) is 3.76. The summed E-state index contributed by atoms with van der Waals surface area (Å²) in [5.74, 6) is 1.30. The molecule has 1 aromatic heterocycles. The van der Waals surface area contributed by atoms with Gasteiger partial charge in [0.15, 0.2) is 11.5 Å². The quantitative estimate of drug-likeness (QED) is 0.841. The van der Waals surface area contributed by atoms with Crippen LogP contribution in [0.1, 0.15) is 5.56 Å². The fourth-order valence-corrected chi connectivity index (χ4v) is 1.61. The van der Waals surface area contributed by atoms with E-state index in [-0.39, 0.29) is 6.61 Å². The average Bonchev–Trinajstić information content (AvgIpc) is 2.92. The zero-order valence-electron chi connectivity index (χ0n) is 10.2. The van der Waals surface area contributed by atoms with Gasteiger partial charge < -0.3 is 14.6 Å². The van der Waals surface area contributed by atoms with Crippen LogP contribution in [0.3, 0.4) is 0 Å². The second kappa shape index (κ2) is 6.07. The van der Waals surface area contributed by atoms with Crippen molar-refractivity contribution in [3.8, 4) is 11.5 Å². The highest BCUT2D eigenvalue weighted by molar-refractivity contribution is 5.42. The molecule has 0 atom stereocenters. The van der Waals surface area contributed by atoms with E-state index >= 15 is 0 Å². The largest absolute Gasteiger partial charge is 0.493 e. The summed E-state index contributed by atoms with van der Waals surface area (Å²) in [6.07, 6.45) is 3.62. The fraction of sp³-hybridized carbons (Fsp3) is 0.308. The first kappa shape index (κ1) is 12.4. The molecule has 1 aromatic carbocycles. The first-order chi connectivity index (χ1) is 8.83. The molecule has 0 amide bonds. The summed E-state index contributed by atoms with van der Waals surface area (Å²) < 4.78 is 12.7. The highest BCUT2D eigenvalue weighted by atomic mass is 16.5. The van der Waals surface area contributed by atoms with E-state index in [1.54, 1.807) is 30.1 Å². The molecule has 0 saturated carbocycles. The molecular weight excluding hydrogens is 232 g/mol. The van der Waals surface area contributed by atoms with Gasteiger partial charge in [0.2, 0.25) is 0 Å². The molecule has 1 heterocycles. The predicted octanol–water partition coefficient (Wildman–Crippen LogP) is 1.46. The Morgan fingerprint density at radius 1 is 1.33 bits per heavy atom. The summed E-state index contributed by atoms with van der Waals surface area (Å²) >= 11 is 0. The Bertz CT molecular complexity index is 483. The van der Waals surface area contributed by atoms with E-state index < -0.39 is 0 Å². The number of rotatable bonds is 6. The van der Waals surface area contributed by atoms with Crippen LogP contribution in [0.5, 0.6) is 11.5 Å². The SMILES string of the molecule is COc1cc(CO)ccc1OCCn1cccn1. The molecule has 0 aliphatic rings. The molecule has 0 saturated heterocycles. The highest BCUT2D eigenvalue weighted by Gasteiger charge is 2.05. The predicted molar refractivity (Wildman–Crippen MR) is 66.6 cm³/mol. The van der Waals surface area contributed by atoms with Crippen LogP contribution in [0.25, 0.3) is 0 Å². The van der Waals surface area contributed by atoms with Gasteiger partial charge in [-0.05, 0) is 23.8 Å². The van der Waals surface area contributed by atoms with Crippen LogP contribution >= 0.6 is 0 Å². The molecule has 0 radical (unpaired) electrons. The Morgan fingerprint density at radius 2 is 2.22 bits per heavy atom. The van der Waals surface area contributed by atoms with Crippen molar-refractivity contribution < 1.29 is 14.6 Å². The van der Waals surface area contributed by atoms with Crippen LogP contribution in [0, 0.1) is 0 Å². The Balaban J connectivity index is 1.96. The maximum atomic E-state index is 9.04. The minimum atomic E-state index is -0.00999. The standard InChI is InChI=1S/C13H16N2O3/c1-17-13-9-11(10-16)3-4-12(13)18-8-7-15-6-2-5-14-15/h2-6,9,16H,7-8,10H2,1H3. The van der Waals surface area contributed by atoms with E-state index in [0.29, 0.717) is 24.7 Å². The number of methoxy groups -OCH3 is 1. The monoisotopic (exact) mass is 248 g/mol. The molecule has 96 valence electrons. The van der Waals surface area contributed by atoms with Gasteiger partial charge in [0, 0.05) is 12.4 Å². The van der Waals surface area contributed by atoms with Crippen molar-refractivity contribution in [1.29, 1.82) is 0 Å². The van der Waals surface area contributed by atoms with Gasteiger partial charge in [0.1, 0.15) is 6.61 Å². The third kappa shape index (κ3) is 3.01. The van der Waals surface area contributed by atoms with Gasteiger partial charge in [-0.25, -0.2) is 0 Å². The van der Waals surface area contributed by atoms with Crippen molar-refractivity contribution in [2.75, 3.05) is 13.7 Å². The maximum Gasteiger partial charge on any atom is 0.161 e. The van der Waals surface area contributed by atoms with E-state index in [0.717, 1.165) is 5.56 Å².